The highest BCUT2D eigenvalue weighted by atomic mass is 35.5. The molecule has 2 nitrogen and oxygen atoms in total. The molecule has 5 heteroatoms. The lowest BCUT2D eigenvalue weighted by Crippen LogP contribution is -2.25. The third-order valence-corrected chi connectivity index (χ3v) is 3.85. The second kappa shape index (κ2) is 7.74. The predicted octanol–water partition coefficient (Wildman–Crippen LogP) is 4.81. The van der Waals surface area contributed by atoms with Gasteiger partial charge in [-0.2, -0.15) is 0 Å². The van der Waals surface area contributed by atoms with Crippen molar-refractivity contribution in [3.05, 3.63) is 63.6 Å². The smallest absolute Gasteiger partial charge is 0.146 e. The van der Waals surface area contributed by atoms with E-state index in [4.69, 9.17) is 23.2 Å². The number of rotatable bonds is 6. The topological polar surface area (TPSA) is 24.9 Å². The number of benzene rings is 1. The number of nitrogens with zero attached hydrogens (tertiary/aromatic N) is 1. The summed E-state index contributed by atoms with van der Waals surface area (Å²) >= 11 is 12.1. The second-order valence-corrected chi connectivity index (χ2v) is 5.69. The summed E-state index contributed by atoms with van der Waals surface area (Å²) in [6.45, 7) is 2.87. The summed E-state index contributed by atoms with van der Waals surface area (Å²) in [5.41, 5.74) is 1.54. The van der Waals surface area contributed by atoms with E-state index in [0.29, 0.717) is 22.0 Å². The minimum Gasteiger partial charge on any atom is -0.310 e. The third kappa shape index (κ3) is 4.40. The molecule has 0 aliphatic heterocycles. The van der Waals surface area contributed by atoms with Gasteiger partial charge >= 0.3 is 0 Å². The van der Waals surface area contributed by atoms with Gasteiger partial charge < -0.3 is 5.32 Å². The third-order valence-electron chi connectivity index (χ3n) is 3.26. The molecule has 1 heterocycles. The number of hydrogen-bond acceptors (Lipinski definition) is 2. The lowest BCUT2D eigenvalue weighted by Gasteiger charge is -2.20. The molecular formula is C16H17Cl2FN2. The van der Waals surface area contributed by atoms with Crippen LogP contribution in [0, 0.1) is 5.82 Å². The Labute approximate surface area is 134 Å². The molecule has 2 aromatic rings. The van der Waals surface area contributed by atoms with E-state index >= 15 is 0 Å². The average molecular weight is 327 g/mol. The Morgan fingerprint density at radius 1 is 1.29 bits per heavy atom. The average Bonchev–Trinajstić information content (AvgIpc) is 2.46. The van der Waals surface area contributed by atoms with E-state index < -0.39 is 0 Å². The quantitative estimate of drug-likeness (QED) is 0.823. The van der Waals surface area contributed by atoms with Crippen molar-refractivity contribution in [3.8, 4) is 0 Å². The molecule has 1 unspecified atom stereocenters. The van der Waals surface area contributed by atoms with Gasteiger partial charge in [0.25, 0.3) is 0 Å². The molecule has 2 rings (SSSR count). The van der Waals surface area contributed by atoms with Crippen LogP contribution in [0.4, 0.5) is 4.39 Å². The van der Waals surface area contributed by atoms with Crippen LogP contribution in [-0.4, -0.2) is 11.5 Å². The maximum Gasteiger partial charge on any atom is 0.146 e. The van der Waals surface area contributed by atoms with Gasteiger partial charge in [-0.25, -0.2) is 4.39 Å². The highest BCUT2D eigenvalue weighted by Crippen LogP contribution is 2.27. The van der Waals surface area contributed by atoms with Crippen molar-refractivity contribution in [2.24, 2.45) is 0 Å². The molecule has 112 valence electrons. The van der Waals surface area contributed by atoms with Crippen molar-refractivity contribution in [1.29, 1.82) is 0 Å². The van der Waals surface area contributed by atoms with Gasteiger partial charge in [-0.05, 0) is 43.1 Å². The number of nitrogens with one attached hydrogen (secondary N) is 1. The number of halogens is 3. The van der Waals surface area contributed by atoms with Crippen LogP contribution in [0.3, 0.4) is 0 Å². The number of aromatic nitrogens is 1. The predicted molar refractivity (Wildman–Crippen MR) is 85.4 cm³/mol. The lowest BCUT2D eigenvalue weighted by molar-refractivity contribution is 0.495. The molecule has 0 aliphatic carbocycles. The van der Waals surface area contributed by atoms with Crippen molar-refractivity contribution in [3.63, 3.8) is 0 Å². The molecule has 0 saturated carbocycles. The Hall–Kier alpha value is -1.16. The second-order valence-electron chi connectivity index (χ2n) is 4.84. The molecule has 0 radical (unpaired) electrons. The van der Waals surface area contributed by atoms with Crippen molar-refractivity contribution >= 4 is 23.2 Å². The van der Waals surface area contributed by atoms with E-state index in [0.717, 1.165) is 18.5 Å². The first kappa shape index (κ1) is 16.2. The first-order valence-electron chi connectivity index (χ1n) is 6.88. The van der Waals surface area contributed by atoms with Crippen LogP contribution in [0.2, 0.25) is 10.0 Å². The standard InChI is InChI=1S/C16H17Cl2FN2/c1-2-6-21-16(13-5-7-20-10-15(13)19)8-11-3-4-12(17)9-14(11)18/h3-5,7,9-10,16,21H,2,6,8H2,1H3. The Balaban J connectivity index is 2.26. The van der Waals surface area contributed by atoms with Crippen molar-refractivity contribution < 1.29 is 4.39 Å². The monoisotopic (exact) mass is 326 g/mol. The zero-order valence-electron chi connectivity index (χ0n) is 11.7. The highest BCUT2D eigenvalue weighted by molar-refractivity contribution is 6.35. The molecule has 0 amide bonds. The van der Waals surface area contributed by atoms with Gasteiger partial charge in [0.1, 0.15) is 5.82 Å². The van der Waals surface area contributed by atoms with Gasteiger partial charge in [-0.1, -0.05) is 36.2 Å². The van der Waals surface area contributed by atoms with Crippen LogP contribution in [0.5, 0.6) is 0 Å². The van der Waals surface area contributed by atoms with Crippen molar-refractivity contribution in [1.82, 2.24) is 10.3 Å². The Morgan fingerprint density at radius 2 is 2.10 bits per heavy atom. The van der Waals surface area contributed by atoms with Crippen LogP contribution in [0.1, 0.15) is 30.5 Å². The van der Waals surface area contributed by atoms with Gasteiger partial charge in [0, 0.05) is 27.8 Å². The minimum absolute atomic E-state index is 0.147. The fraction of sp³-hybridized carbons (Fsp3) is 0.312. The van der Waals surface area contributed by atoms with E-state index in [9.17, 15) is 4.39 Å². The fourth-order valence-electron chi connectivity index (χ4n) is 2.19. The molecule has 1 aromatic carbocycles. The Kier molecular flexibility index (Phi) is 5.97. The van der Waals surface area contributed by atoms with Gasteiger partial charge in [0.15, 0.2) is 0 Å². The van der Waals surface area contributed by atoms with E-state index in [1.165, 1.54) is 6.20 Å². The minimum atomic E-state index is -0.309. The van der Waals surface area contributed by atoms with Gasteiger partial charge in [0.05, 0.1) is 6.20 Å². The summed E-state index contributed by atoms with van der Waals surface area (Å²) in [5.74, 6) is -0.309. The number of hydrogen-bond donors (Lipinski definition) is 1. The molecular weight excluding hydrogens is 310 g/mol. The fourth-order valence-corrected chi connectivity index (χ4v) is 2.67. The summed E-state index contributed by atoms with van der Waals surface area (Å²) in [4.78, 5) is 3.80. The molecule has 0 saturated heterocycles. The first-order chi connectivity index (χ1) is 10.1. The zero-order chi connectivity index (χ0) is 15.2. The summed E-state index contributed by atoms with van der Waals surface area (Å²) in [5, 5.41) is 4.55. The van der Waals surface area contributed by atoms with Crippen LogP contribution >= 0.6 is 23.2 Å². The number of pyridine rings is 1. The van der Waals surface area contributed by atoms with Crippen LogP contribution in [0.15, 0.2) is 36.7 Å². The normalized spacial score (nSPS) is 12.4. The molecule has 0 aliphatic rings. The summed E-state index contributed by atoms with van der Waals surface area (Å²) < 4.78 is 14.0. The zero-order valence-corrected chi connectivity index (χ0v) is 13.3. The Morgan fingerprint density at radius 3 is 2.76 bits per heavy atom. The highest BCUT2D eigenvalue weighted by Gasteiger charge is 2.17. The molecule has 1 atom stereocenters. The van der Waals surface area contributed by atoms with Gasteiger partial charge in [-0.15, -0.1) is 0 Å². The first-order valence-corrected chi connectivity index (χ1v) is 7.64. The summed E-state index contributed by atoms with van der Waals surface area (Å²) in [7, 11) is 0. The van der Waals surface area contributed by atoms with E-state index in [-0.39, 0.29) is 11.9 Å². The lowest BCUT2D eigenvalue weighted by atomic mass is 9.99. The summed E-state index contributed by atoms with van der Waals surface area (Å²) in [6, 6.07) is 6.93. The van der Waals surface area contributed by atoms with Crippen LogP contribution in [-0.2, 0) is 6.42 Å². The van der Waals surface area contributed by atoms with Crippen molar-refractivity contribution in [2.45, 2.75) is 25.8 Å². The molecule has 1 N–H and O–H groups in total. The van der Waals surface area contributed by atoms with Gasteiger partial charge in [0.2, 0.25) is 0 Å². The maximum absolute atomic E-state index is 14.0. The molecule has 0 fully saturated rings. The van der Waals surface area contributed by atoms with Crippen molar-refractivity contribution in [2.75, 3.05) is 6.54 Å². The molecule has 21 heavy (non-hydrogen) atoms. The van der Waals surface area contributed by atoms with Gasteiger partial charge in [-0.3, -0.25) is 4.98 Å². The van der Waals surface area contributed by atoms with Crippen LogP contribution in [0.25, 0.3) is 0 Å². The molecule has 0 bridgehead atoms. The van der Waals surface area contributed by atoms with Crippen LogP contribution < -0.4 is 5.32 Å². The summed E-state index contributed by atoms with van der Waals surface area (Å²) in [6.07, 6.45) is 4.40. The SMILES string of the molecule is CCCNC(Cc1ccc(Cl)cc1Cl)c1ccncc1F. The Bertz CT molecular complexity index is 605. The molecule has 0 spiro atoms. The maximum atomic E-state index is 14.0. The van der Waals surface area contributed by atoms with E-state index in [1.54, 1.807) is 24.4 Å². The molecule has 1 aromatic heterocycles. The largest absolute Gasteiger partial charge is 0.310 e. The van der Waals surface area contributed by atoms with E-state index in [1.807, 2.05) is 6.07 Å². The van der Waals surface area contributed by atoms with E-state index in [2.05, 4.69) is 17.2 Å².